The molecule has 1 aromatic carbocycles. The summed E-state index contributed by atoms with van der Waals surface area (Å²) in [5.74, 6) is -1.82. The quantitative estimate of drug-likeness (QED) is 0.426. The van der Waals surface area contributed by atoms with Crippen molar-refractivity contribution in [3.8, 4) is 0 Å². The second-order valence-electron chi connectivity index (χ2n) is 5.82. The number of nitrogens with zero attached hydrogens (tertiary/aromatic N) is 1. The molecule has 1 heterocycles. The third-order valence-corrected chi connectivity index (χ3v) is 3.98. The summed E-state index contributed by atoms with van der Waals surface area (Å²) in [6, 6.07) is 6.25. The van der Waals surface area contributed by atoms with E-state index in [1.807, 2.05) is 0 Å². The number of amides is 2. The van der Waals surface area contributed by atoms with Gasteiger partial charge >= 0.3 is 5.97 Å². The third-order valence-electron chi connectivity index (χ3n) is 3.98. The zero-order chi connectivity index (χ0) is 18.4. The van der Waals surface area contributed by atoms with Gasteiger partial charge in [-0.2, -0.15) is 0 Å². The molecule has 0 saturated carbocycles. The molecule has 3 atom stereocenters. The first-order valence-corrected chi connectivity index (χ1v) is 8.11. The van der Waals surface area contributed by atoms with E-state index in [0.717, 1.165) is 0 Å². The summed E-state index contributed by atoms with van der Waals surface area (Å²) in [6.45, 7) is 2.59. The Balaban J connectivity index is 2.11. The van der Waals surface area contributed by atoms with Crippen LogP contribution in [-0.2, 0) is 19.1 Å². The Labute approximate surface area is 146 Å². The average Bonchev–Trinajstić information content (AvgIpc) is 3.40. The number of anilines is 1. The van der Waals surface area contributed by atoms with E-state index in [-0.39, 0.29) is 5.91 Å². The highest BCUT2D eigenvalue weighted by Crippen LogP contribution is 2.23. The van der Waals surface area contributed by atoms with Crippen LogP contribution in [0.25, 0.3) is 0 Å². The molecule has 2 rings (SSSR count). The minimum Gasteiger partial charge on any atom is -0.480 e. The van der Waals surface area contributed by atoms with Gasteiger partial charge in [-0.3, -0.25) is 24.6 Å². The minimum absolute atomic E-state index is 0.305. The van der Waals surface area contributed by atoms with Gasteiger partial charge in [0.15, 0.2) is 0 Å². The van der Waals surface area contributed by atoms with Crippen molar-refractivity contribution >= 4 is 23.5 Å². The van der Waals surface area contributed by atoms with Gasteiger partial charge in [0.25, 0.3) is 0 Å². The summed E-state index contributed by atoms with van der Waals surface area (Å²) in [6.07, 6.45) is 0.666. The molecule has 0 aromatic heterocycles. The normalized spacial score (nSPS) is 19.8. The number of hydrogen-bond acceptors (Lipinski definition) is 5. The summed E-state index contributed by atoms with van der Waals surface area (Å²) in [4.78, 5) is 37.5. The predicted octanol–water partition coefficient (Wildman–Crippen LogP) is -0.0142. The highest BCUT2D eigenvalue weighted by atomic mass is 16.5. The first-order chi connectivity index (χ1) is 12.0. The number of nitrogens with one attached hydrogen (secondary N) is 2. The van der Waals surface area contributed by atoms with Crippen LogP contribution in [0.4, 0.5) is 5.69 Å². The van der Waals surface area contributed by atoms with Gasteiger partial charge < -0.3 is 15.2 Å². The largest absolute Gasteiger partial charge is 0.480 e. The van der Waals surface area contributed by atoms with E-state index < -0.39 is 30.0 Å². The second kappa shape index (κ2) is 8.59. The maximum absolute atomic E-state index is 12.7. The molecule has 8 heteroatoms. The zero-order valence-corrected chi connectivity index (χ0v) is 14.3. The summed E-state index contributed by atoms with van der Waals surface area (Å²) in [7, 11) is 1.59. The lowest BCUT2D eigenvalue weighted by Gasteiger charge is -2.28. The minimum atomic E-state index is -1.08. The van der Waals surface area contributed by atoms with Crippen molar-refractivity contribution in [2.75, 3.05) is 25.2 Å². The van der Waals surface area contributed by atoms with Crippen molar-refractivity contribution in [3.05, 3.63) is 30.3 Å². The van der Waals surface area contributed by atoms with Gasteiger partial charge in [0.05, 0.1) is 0 Å². The number of hydrogen-bond donors (Lipinski definition) is 3. The maximum atomic E-state index is 12.7. The number of carboxylic acid groups (broad SMARTS) is 1. The lowest BCUT2D eigenvalue weighted by Crippen LogP contribution is -2.50. The summed E-state index contributed by atoms with van der Waals surface area (Å²) in [5.41, 5.74) is 0.546. The van der Waals surface area contributed by atoms with Crippen LogP contribution >= 0.6 is 0 Å². The Bertz CT molecular complexity index is 622. The zero-order valence-electron chi connectivity index (χ0n) is 14.3. The molecule has 1 aromatic rings. The molecule has 0 radical (unpaired) electrons. The molecule has 2 amide bonds. The molecule has 25 heavy (non-hydrogen) atoms. The molecule has 0 unspecified atom stereocenters. The van der Waals surface area contributed by atoms with E-state index in [9.17, 15) is 14.4 Å². The first kappa shape index (κ1) is 18.9. The molecule has 3 N–H and O–H groups in total. The predicted molar refractivity (Wildman–Crippen MR) is 91.2 cm³/mol. The van der Waals surface area contributed by atoms with Crippen LogP contribution in [0, 0.1) is 0 Å². The number of carbonyl (C=O) groups excluding carboxylic acids is 2. The SMILES string of the molecule is COCCCNC(=O)[C@@H](C)N(C(=O)[C@@H]1N[C@H]1C(=O)O)c1ccccc1. The Morgan fingerprint density at radius 1 is 1.28 bits per heavy atom. The lowest BCUT2D eigenvalue weighted by molar-refractivity contribution is -0.137. The standard InChI is InChI=1S/C17H23N3O5/c1-11(15(21)18-9-6-10-25-2)20(12-7-4-3-5-8-12)16(22)13-14(19-13)17(23)24/h3-5,7-8,11,13-14,19H,6,9-10H2,1-2H3,(H,18,21)(H,23,24)/t11-,13-,14-/m1/s1. The van der Waals surface area contributed by atoms with Gasteiger partial charge in [-0.1, -0.05) is 18.2 Å². The molecule has 0 bridgehead atoms. The Kier molecular flexibility index (Phi) is 6.49. The van der Waals surface area contributed by atoms with Crippen molar-refractivity contribution in [2.45, 2.75) is 31.5 Å². The Hall–Kier alpha value is -2.45. The van der Waals surface area contributed by atoms with Crippen LogP contribution in [-0.4, -0.2) is 61.3 Å². The van der Waals surface area contributed by atoms with Crippen LogP contribution in [0.15, 0.2) is 30.3 Å². The smallest absolute Gasteiger partial charge is 0.322 e. The van der Waals surface area contributed by atoms with Crippen molar-refractivity contribution in [1.82, 2.24) is 10.6 Å². The Morgan fingerprint density at radius 2 is 1.96 bits per heavy atom. The number of carbonyl (C=O) groups is 3. The van der Waals surface area contributed by atoms with Crippen LogP contribution in [0.5, 0.6) is 0 Å². The van der Waals surface area contributed by atoms with Crippen LogP contribution in [0.1, 0.15) is 13.3 Å². The molecule has 0 spiro atoms. The maximum Gasteiger partial charge on any atom is 0.322 e. The fourth-order valence-electron chi connectivity index (χ4n) is 2.54. The van der Waals surface area contributed by atoms with Crippen molar-refractivity contribution in [2.24, 2.45) is 0 Å². The summed E-state index contributed by atoms with van der Waals surface area (Å²) in [5, 5.41) is 14.4. The molecule has 0 aliphatic carbocycles. The van der Waals surface area contributed by atoms with Gasteiger partial charge in [-0.05, 0) is 25.5 Å². The second-order valence-corrected chi connectivity index (χ2v) is 5.82. The van der Waals surface area contributed by atoms with Gasteiger partial charge in [-0.25, -0.2) is 0 Å². The number of carboxylic acids is 1. The molecule has 8 nitrogen and oxygen atoms in total. The van der Waals surface area contributed by atoms with E-state index in [1.54, 1.807) is 44.4 Å². The topological polar surface area (TPSA) is 118 Å². The van der Waals surface area contributed by atoms with E-state index in [4.69, 9.17) is 9.84 Å². The van der Waals surface area contributed by atoms with Crippen molar-refractivity contribution in [3.63, 3.8) is 0 Å². The van der Waals surface area contributed by atoms with Crippen molar-refractivity contribution in [1.29, 1.82) is 0 Å². The number of methoxy groups -OCH3 is 1. The van der Waals surface area contributed by atoms with Gasteiger partial charge in [0.1, 0.15) is 18.1 Å². The fraction of sp³-hybridized carbons (Fsp3) is 0.471. The number of benzene rings is 1. The van der Waals surface area contributed by atoms with Crippen LogP contribution in [0.2, 0.25) is 0 Å². The van der Waals surface area contributed by atoms with Gasteiger partial charge in [0.2, 0.25) is 11.8 Å². The molecule has 1 aliphatic rings. The van der Waals surface area contributed by atoms with E-state index >= 15 is 0 Å². The molecule has 136 valence electrons. The van der Waals surface area contributed by atoms with Crippen molar-refractivity contribution < 1.29 is 24.2 Å². The van der Waals surface area contributed by atoms with E-state index in [2.05, 4.69) is 10.6 Å². The Morgan fingerprint density at radius 3 is 2.52 bits per heavy atom. The molecule has 1 fully saturated rings. The first-order valence-electron chi connectivity index (χ1n) is 8.11. The van der Waals surface area contributed by atoms with E-state index in [0.29, 0.717) is 25.3 Å². The molecule has 1 aliphatic heterocycles. The average molecular weight is 349 g/mol. The monoisotopic (exact) mass is 349 g/mol. The number of para-hydroxylation sites is 1. The highest BCUT2D eigenvalue weighted by molar-refractivity contribution is 6.07. The summed E-state index contributed by atoms with van der Waals surface area (Å²) >= 11 is 0. The molecular formula is C17H23N3O5. The summed E-state index contributed by atoms with van der Waals surface area (Å²) < 4.78 is 4.93. The number of aliphatic carboxylic acids is 1. The third kappa shape index (κ3) is 4.77. The highest BCUT2D eigenvalue weighted by Gasteiger charge is 2.50. The van der Waals surface area contributed by atoms with Gasteiger partial charge in [0, 0.05) is 25.9 Å². The van der Waals surface area contributed by atoms with Crippen LogP contribution in [0.3, 0.4) is 0 Å². The van der Waals surface area contributed by atoms with Crippen LogP contribution < -0.4 is 15.5 Å². The number of rotatable bonds is 9. The number of ether oxygens (including phenoxy) is 1. The molecule has 1 saturated heterocycles. The lowest BCUT2D eigenvalue weighted by atomic mass is 10.1. The fourth-order valence-corrected chi connectivity index (χ4v) is 2.54. The molecular weight excluding hydrogens is 326 g/mol. The van der Waals surface area contributed by atoms with E-state index in [1.165, 1.54) is 4.90 Å². The van der Waals surface area contributed by atoms with Gasteiger partial charge in [-0.15, -0.1) is 0 Å².